The Bertz CT molecular complexity index is 658. The van der Waals surface area contributed by atoms with Gasteiger partial charge in [-0.1, -0.05) is 44.0 Å². The zero-order valence-electron chi connectivity index (χ0n) is 11.4. The standard InChI is InChI=1S/C16H12Br2O4/c17-15(9-1-3-11-13(5-9)21-7-19-11)16(18)10-2-4-12-14(6-10)22-8-20-12/h1-6,15-16H,7-8H2. The molecule has 4 rings (SSSR count). The van der Waals surface area contributed by atoms with E-state index < -0.39 is 0 Å². The second-order valence-electron chi connectivity index (χ2n) is 5.03. The highest BCUT2D eigenvalue weighted by atomic mass is 79.9. The lowest BCUT2D eigenvalue weighted by atomic mass is 10.0. The summed E-state index contributed by atoms with van der Waals surface area (Å²) in [7, 11) is 0. The van der Waals surface area contributed by atoms with Gasteiger partial charge in [-0.2, -0.15) is 0 Å². The van der Waals surface area contributed by atoms with Crippen molar-refractivity contribution in [3.05, 3.63) is 47.5 Å². The van der Waals surface area contributed by atoms with Crippen molar-refractivity contribution in [2.75, 3.05) is 13.6 Å². The molecule has 2 aromatic carbocycles. The summed E-state index contributed by atoms with van der Waals surface area (Å²) < 4.78 is 21.6. The number of halogens is 2. The van der Waals surface area contributed by atoms with Crippen molar-refractivity contribution in [1.29, 1.82) is 0 Å². The fourth-order valence-electron chi connectivity index (χ4n) is 2.51. The summed E-state index contributed by atoms with van der Waals surface area (Å²) >= 11 is 7.52. The number of rotatable bonds is 3. The van der Waals surface area contributed by atoms with Gasteiger partial charge in [0.1, 0.15) is 0 Å². The minimum atomic E-state index is 0.0855. The topological polar surface area (TPSA) is 36.9 Å². The Morgan fingerprint density at radius 1 is 0.636 bits per heavy atom. The quantitative estimate of drug-likeness (QED) is 0.664. The Labute approximate surface area is 144 Å². The molecule has 2 aromatic rings. The number of benzene rings is 2. The summed E-state index contributed by atoms with van der Waals surface area (Å²) in [5.41, 5.74) is 2.23. The van der Waals surface area contributed by atoms with Crippen molar-refractivity contribution in [3.8, 4) is 23.0 Å². The monoisotopic (exact) mass is 426 g/mol. The third-order valence-electron chi connectivity index (χ3n) is 3.69. The second-order valence-corrected chi connectivity index (χ2v) is 7.00. The average Bonchev–Trinajstić information content (AvgIpc) is 3.20. The lowest BCUT2D eigenvalue weighted by Crippen LogP contribution is -1.99. The zero-order chi connectivity index (χ0) is 15.1. The van der Waals surface area contributed by atoms with E-state index in [9.17, 15) is 0 Å². The van der Waals surface area contributed by atoms with Crippen molar-refractivity contribution in [3.63, 3.8) is 0 Å². The van der Waals surface area contributed by atoms with Crippen LogP contribution in [0, 0.1) is 0 Å². The van der Waals surface area contributed by atoms with Gasteiger partial charge >= 0.3 is 0 Å². The summed E-state index contributed by atoms with van der Waals surface area (Å²) in [5.74, 6) is 3.15. The predicted molar refractivity (Wildman–Crippen MR) is 88.5 cm³/mol. The van der Waals surface area contributed by atoms with Crippen LogP contribution in [0.2, 0.25) is 0 Å². The van der Waals surface area contributed by atoms with Crippen molar-refractivity contribution >= 4 is 31.9 Å². The largest absolute Gasteiger partial charge is 0.454 e. The van der Waals surface area contributed by atoms with Gasteiger partial charge in [0.2, 0.25) is 13.6 Å². The van der Waals surface area contributed by atoms with Gasteiger partial charge < -0.3 is 18.9 Å². The van der Waals surface area contributed by atoms with Crippen LogP contribution < -0.4 is 18.9 Å². The maximum atomic E-state index is 5.44. The van der Waals surface area contributed by atoms with Gasteiger partial charge in [-0.15, -0.1) is 0 Å². The molecule has 2 atom stereocenters. The van der Waals surface area contributed by atoms with Gasteiger partial charge in [-0.25, -0.2) is 0 Å². The smallest absolute Gasteiger partial charge is 0.231 e. The highest BCUT2D eigenvalue weighted by molar-refractivity contribution is 9.12. The first-order chi connectivity index (χ1) is 10.7. The van der Waals surface area contributed by atoms with Crippen LogP contribution in [0.5, 0.6) is 23.0 Å². The number of hydrogen-bond acceptors (Lipinski definition) is 4. The summed E-state index contributed by atoms with van der Waals surface area (Å²) in [6.07, 6.45) is 0. The first-order valence-electron chi connectivity index (χ1n) is 6.79. The van der Waals surface area contributed by atoms with E-state index in [1.54, 1.807) is 0 Å². The third-order valence-corrected chi connectivity index (χ3v) is 6.51. The minimum absolute atomic E-state index is 0.0855. The molecule has 0 amide bonds. The Kier molecular flexibility index (Phi) is 3.66. The molecule has 0 spiro atoms. The van der Waals surface area contributed by atoms with Crippen LogP contribution in [0.1, 0.15) is 20.8 Å². The number of hydrogen-bond donors (Lipinski definition) is 0. The Balaban J connectivity index is 1.60. The summed E-state index contributed by atoms with van der Waals surface area (Å²) in [6, 6.07) is 11.9. The van der Waals surface area contributed by atoms with Crippen LogP contribution in [-0.2, 0) is 0 Å². The lowest BCUT2D eigenvalue weighted by Gasteiger charge is -2.18. The molecule has 6 heteroatoms. The van der Waals surface area contributed by atoms with E-state index in [0.717, 1.165) is 34.1 Å². The van der Waals surface area contributed by atoms with E-state index in [2.05, 4.69) is 31.9 Å². The van der Waals surface area contributed by atoms with Gasteiger partial charge in [-0.05, 0) is 35.4 Å². The lowest BCUT2D eigenvalue weighted by molar-refractivity contribution is 0.173. The maximum absolute atomic E-state index is 5.44. The molecule has 2 aliphatic heterocycles. The number of alkyl halides is 2. The minimum Gasteiger partial charge on any atom is -0.454 e. The zero-order valence-corrected chi connectivity index (χ0v) is 14.6. The summed E-state index contributed by atoms with van der Waals surface area (Å²) in [5, 5.41) is 0. The summed E-state index contributed by atoms with van der Waals surface area (Å²) in [4.78, 5) is 0.171. The first kappa shape index (κ1) is 14.2. The Hall–Kier alpha value is -1.40. The molecule has 4 nitrogen and oxygen atoms in total. The number of ether oxygens (including phenoxy) is 4. The molecule has 0 fully saturated rings. The molecule has 22 heavy (non-hydrogen) atoms. The van der Waals surface area contributed by atoms with Crippen molar-refractivity contribution in [2.24, 2.45) is 0 Å². The van der Waals surface area contributed by atoms with E-state index in [4.69, 9.17) is 18.9 Å². The number of fused-ring (bicyclic) bond motifs is 2. The van der Waals surface area contributed by atoms with E-state index in [-0.39, 0.29) is 23.2 Å². The van der Waals surface area contributed by atoms with Crippen LogP contribution in [0.15, 0.2) is 36.4 Å². The molecule has 2 unspecified atom stereocenters. The van der Waals surface area contributed by atoms with Crippen molar-refractivity contribution < 1.29 is 18.9 Å². The summed E-state index contributed by atoms with van der Waals surface area (Å²) in [6.45, 7) is 0.567. The first-order valence-corrected chi connectivity index (χ1v) is 8.63. The maximum Gasteiger partial charge on any atom is 0.231 e. The molecular weight excluding hydrogens is 416 g/mol. The van der Waals surface area contributed by atoms with Gasteiger partial charge in [0.25, 0.3) is 0 Å². The van der Waals surface area contributed by atoms with Crippen LogP contribution in [-0.4, -0.2) is 13.6 Å². The molecule has 0 N–H and O–H groups in total. The molecule has 2 heterocycles. The van der Waals surface area contributed by atoms with Crippen LogP contribution in [0.25, 0.3) is 0 Å². The highest BCUT2D eigenvalue weighted by Crippen LogP contribution is 2.46. The average molecular weight is 428 g/mol. The van der Waals surface area contributed by atoms with E-state index >= 15 is 0 Å². The normalized spacial score (nSPS) is 17.4. The molecule has 0 bridgehead atoms. The SMILES string of the molecule is BrC(c1ccc2c(c1)OCO2)C(Br)c1ccc2c(c1)OCO2. The third kappa shape index (κ3) is 2.44. The van der Waals surface area contributed by atoms with Crippen molar-refractivity contribution in [1.82, 2.24) is 0 Å². The molecular formula is C16H12Br2O4. The highest BCUT2D eigenvalue weighted by Gasteiger charge is 2.24. The molecule has 0 radical (unpaired) electrons. The van der Waals surface area contributed by atoms with E-state index in [1.807, 2.05) is 36.4 Å². The van der Waals surface area contributed by atoms with Gasteiger partial charge in [0.15, 0.2) is 23.0 Å². The predicted octanol–water partition coefficient (Wildman–Crippen LogP) is 4.72. The van der Waals surface area contributed by atoms with Crippen LogP contribution in [0.3, 0.4) is 0 Å². The van der Waals surface area contributed by atoms with Crippen LogP contribution in [0.4, 0.5) is 0 Å². The molecule has 0 aromatic heterocycles. The fourth-order valence-corrected chi connectivity index (χ4v) is 3.69. The molecule has 114 valence electrons. The molecule has 0 saturated heterocycles. The Morgan fingerprint density at radius 3 is 1.50 bits per heavy atom. The molecule has 0 aliphatic carbocycles. The van der Waals surface area contributed by atoms with Crippen LogP contribution >= 0.6 is 31.9 Å². The van der Waals surface area contributed by atoms with Gasteiger partial charge in [-0.3, -0.25) is 0 Å². The molecule has 2 aliphatic rings. The van der Waals surface area contributed by atoms with E-state index in [0.29, 0.717) is 0 Å². The second kappa shape index (κ2) is 5.66. The van der Waals surface area contributed by atoms with E-state index in [1.165, 1.54) is 0 Å². The fraction of sp³-hybridized carbons (Fsp3) is 0.250. The van der Waals surface area contributed by atoms with Gasteiger partial charge in [0.05, 0.1) is 9.65 Å². The van der Waals surface area contributed by atoms with Gasteiger partial charge in [0, 0.05) is 0 Å². The molecule has 0 saturated carbocycles. The van der Waals surface area contributed by atoms with Crippen molar-refractivity contribution in [2.45, 2.75) is 9.65 Å². The Morgan fingerprint density at radius 2 is 1.05 bits per heavy atom.